The Morgan fingerprint density at radius 2 is 1.42 bits per heavy atom. The van der Waals surface area contributed by atoms with E-state index in [1.165, 1.54) is 44.2 Å². The van der Waals surface area contributed by atoms with Crippen LogP contribution in [0.1, 0.15) is 103 Å². The van der Waals surface area contributed by atoms with Gasteiger partial charge in [-0.2, -0.15) is 0 Å². The van der Waals surface area contributed by atoms with Crippen LogP contribution in [0.5, 0.6) is 0 Å². The zero-order valence-corrected chi connectivity index (χ0v) is 30.0. The summed E-state index contributed by atoms with van der Waals surface area (Å²) in [6.07, 6.45) is 20.9. The zero-order valence-electron chi connectivity index (χ0n) is 30.0. The lowest BCUT2D eigenvalue weighted by Crippen LogP contribution is -2.55. The molecule has 2 atom stereocenters. The number of likely N-dealkylation sites (tertiary alicyclic amines) is 2. The number of aromatic nitrogens is 2. The van der Waals surface area contributed by atoms with Gasteiger partial charge in [0.25, 0.3) is 5.97 Å². The molecule has 2 aromatic heterocycles. The van der Waals surface area contributed by atoms with Crippen molar-refractivity contribution in [3.8, 4) is 0 Å². The predicted octanol–water partition coefficient (Wildman–Crippen LogP) is 7.14. The largest absolute Gasteiger partial charge is 0.351 e. The summed E-state index contributed by atoms with van der Waals surface area (Å²) >= 11 is 0. The number of nitrogens with zero attached hydrogens (tertiary/aromatic N) is 5. The van der Waals surface area contributed by atoms with Crippen LogP contribution >= 0.6 is 0 Å². The highest BCUT2D eigenvalue weighted by Crippen LogP contribution is 2.41. The molecule has 6 rings (SSSR count). The van der Waals surface area contributed by atoms with Crippen LogP contribution in [0.4, 0.5) is 5.82 Å². The van der Waals surface area contributed by atoms with Gasteiger partial charge in [0.05, 0.1) is 13.2 Å². The number of hydrogen-bond acceptors (Lipinski definition) is 8. The van der Waals surface area contributed by atoms with Gasteiger partial charge in [-0.15, -0.1) is 0 Å². The number of anilines is 1. The normalized spacial score (nSPS) is 25.2. The number of ether oxygens (including phenoxy) is 2. The van der Waals surface area contributed by atoms with Gasteiger partial charge < -0.3 is 24.4 Å². The summed E-state index contributed by atoms with van der Waals surface area (Å²) in [5, 5.41) is 12.3. The van der Waals surface area contributed by atoms with Crippen molar-refractivity contribution < 1.29 is 14.6 Å². The highest BCUT2D eigenvalue weighted by Gasteiger charge is 2.45. The molecule has 48 heavy (non-hydrogen) atoms. The minimum absolute atomic E-state index is 0.00241. The summed E-state index contributed by atoms with van der Waals surface area (Å²) in [5.41, 5.74) is 1.37. The number of pyridine rings is 2. The molecule has 1 aliphatic carbocycles. The fourth-order valence-electron chi connectivity index (χ4n) is 9.26. The van der Waals surface area contributed by atoms with E-state index in [2.05, 4.69) is 57.8 Å². The molecule has 3 aliphatic heterocycles. The highest BCUT2D eigenvalue weighted by molar-refractivity contribution is 5.42. The van der Waals surface area contributed by atoms with Gasteiger partial charge in [-0.1, -0.05) is 39.2 Å². The van der Waals surface area contributed by atoms with Crippen LogP contribution in [-0.2, 0) is 16.0 Å². The van der Waals surface area contributed by atoms with E-state index in [4.69, 9.17) is 14.5 Å². The second-order valence-corrected chi connectivity index (χ2v) is 15.5. The van der Waals surface area contributed by atoms with Crippen LogP contribution in [0, 0.1) is 23.7 Å². The Balaban J connectivity index is 1.06. The molecule has 266 valence electrons. The van der Waals surface area contributed by atoms with Crippen molar-refractivity contribution in [2.75, 3.05) is 57.4 Å². The maximum Gasteiger partial charge on any atom is 0.283 e. The molecule has 4 fully saturated rings. The molecule has 0 aromatic carbocycles. The summed E-state index contributed by atoms with van der Waals surface area (Å²) in [5.74, 6) is 1.22. The molecule has 5 heterocycles. The van der Waals surface area contributed by atoms with Crippen molar-refractivity contribution in [3.63, 3.8) is 0 Å². The van der Waals surface area contributed by atoms with Gasteiger partial charge in [0, 0.05) is 49.7 Å². The Morgan fingerprint density at radius 1 is 0.750 bits per heavy atom. The Labute approximate surface area is 290 Å². The van der Waals surface area contributed by atoms with E-state index >= 15 is 0 Å². The van der Waals surface area contributed by atoms with E-state index in [-0.39, 0.29) is 11.5 Å². The lowest BCUT2D eigenvalue weighted by atomic mass is 9.76. The average molecular weight is 662 g/mol. The number of piperidine rings is 3. The summed E-state index contributed by atoms with van der Waals surface area (Å²) in [4.78, 5) is 16.6. The van der Waals surface area contributed by atoms with Gasteiger partial charge in [0.2, 0.25) is 0 Å². The zero-order chi connectivity index (χ0) is 33.2. The monoisotopic (exact) mass is 661 g/mol. The van der Waals surface area contributed by atoms with Crippen LogP contribution in [0.2, 0.25) is 0 Å². The first-order chi connectivity index (χ1) is 23.5. The molecule has 0 radical (unpaired) electrons. The van der Waals surface area contributed by atoms with Crippen LogP contribution < -0.4 is 4.90 Å². The molecular weight excluding hydrogens is 598 g/mol. The molecule has 8 heteroatoms. The quantitative estimate of drug-likeness (QED) is 0.214. The van der Waals surface area contributed by atoms with Gasteiger partial charge in [0.1, 0.15) is 5.82 Å². The summed E-state index contributed by atoms with van der Waals surface area (Å²) < 4.78 is 13.3. The number of rotatable bonds is 14. The molecule has 4 aliphatic rings. The van der Waals surface area contributed by atoms with Crippen LogP contribution in [0.3, 0.4) is 0 Å². The van der Waals surface area contributed by atoms with E-state index in [1.807, 2.05) is 24.7 Å². The lowest BCUT2D eigenvalue weighted by molar-refractivity contribution is -0.396. The highest BCUT2D eigenvalue weighted by atomic mass is 16.8. The van der Waals surface area contributed by atoms with Gasteiger partial charge in [-0.3, -0.25) is 9.88 Å². The topological polar surface area (TPSA) is 74.2 Å². The SMILES string of the molecule is CCC1(CC)CC(COC(O)(OCC2CCN(Cc3ccncc3)CC2)C2CCN(CC3CCCCC3)CC2)CCN1c1ccccn1. The number of aliphatic hydroxyl groups is 1. The van der Waals surface area contributed by atoms with Crippen molar-refractivity contribution >= 4 is 5.82 Å². The van der Waals surface area contributed by atoms with E-state index < -0.39 is 5.97 Å². The molecular formula is C40H63N5O3. The van der Waals surface area contributed by atoms with Crippen LogP contribution in [-0.4, -0.2) is 88.9 Å². The summed E-state index contributed by atoms with van der Waals surface area (Å²) in [7, 11) is 0. The minimum Gasteiger partial charge on any atom is -0.351 e. The van der Waals surface area contributed by atoms with E-state index in [1.54, 1.807) is 0 Å². The van der Waals surface area contributed by atoms with Gasteiger partial charge in [0.15, 0.2) is 0 Å². The van der Waals surface area contributed by atoms with Crippen LogP contribution in [0.15, 0.2) is 48.9 Å². The molecule has 1 N–H and O–H groups in total. The van der Waals surface area contributed by atoms with Gasteiger partial charge in [-0.25, -0.2) is 4.98 Å². The summed E-state index contributed by atoms with van der Waals surface area (Å²) in [6.45, 7) is 13.0. The van der Waals surface area contributed by atoms with Gasteiger partial charge >= 0.3 is 0 Å². The first-order valence-corrected chi connectivity index (χ1v) is 19.5. The smallest absolute Gasteiger partial charge is 0.283 e. The molecule has 2 unspecified atom stereocenters. The third kappa shape index (κ3) is 9.16. The third-order valence-electron chi connectivity index (χ3n) is 12.5. The fraction of sp³-hybridized carbons (Fsp3) is 0.750. The van der Waals surface area contributed by atoms with E-state index in [0.717, 1.165) is 102 Å². The van der Waals surface area contributed by atoms with Crippen molar-refractivity contribution in [1.82, 2.24) is 19.8 Å². The maximum absolute atomic E-state index is 12.3. The molecule has 0 spiro atoms. The molecule has 8 nitrogen and oxygen atoms in total. The van der Waals surface area contributed by atoms with E-state index in [9.17, 15) is 5.11 Å². The second-order valence-electron chi connectivity index (χ2n) is 15.5. The average Bonchev–Trinajstić information content (AvgIpc) is 3.15. The van der Waals surface area contributed by atoms with Gasteiger partial charge in [-0.05, 0) is 138 Å². The Bertz CT molecular complexity index is 1190. The minimum atomic E-state index is -1.52. The maximum atomic E-state index is 12.3. The second kappa shape index (κ2) is 17.2. The third-order valence-corrected chi connectivity index (χ3v) is 12.5. The van der Waals surface area contributed by atoms with Crippen molar-refractivity contribution in [2.45, 2.75) is 115 Å². The molecule has 1 saturated carbocycles. The Kier molecular flexibility index (Phi) is 12.8. The first kappa shape index (κ1) is 35.7. The standard InChI is InChI=1S/C40H63N5O3/c1-3-39(4-2)28-36(17-27-45(39)38-12-8-9-20-42-38)32-48-40(46,37-18-25-44(26-19-37)29-33-10-6-5-7-11-33)47-31-35-15-23-43(24-16-35)30-34-13-21-41-22-14-34/h8-9,12-14,20-22,33,35-37,46H,3-7,10-11,15-19,23-32H2,1-2H3. The Morgan fingerprint density at radius 3 is 2.08 bits per heavy atom. The van der Waals surface area contributed by atoms with Crippen molar-refractivity contribution in [3.05, 3.63) is 54.5 Å². The lowest BCUT2D eigenvalue weighted by Gasteiger charge is -2.50. The predicted molar refractivity (Wildman–Crippen MR) is 192 cm³/mol. The molecule has 3 saturated heterocycles. The van der Waals surface area contributed by atoms with Crippen molar-refractivity contribution in [1.29, 1.82) is 0 Å². The first-order valence-electron chi connectivity index (χ1n) is 19.5. The molecule has 2 aromatic rings. The number of hydrogen-bond donors (Lipinski definition) is 1. The molecule has 0 amide bonds. The van der Waals surface area contributed by atoms with Crippen molar-refractivity contribution in [2.24, 2.45) is 23.7 Å². The summed E-state index contributed by atoms with van der Waals surface area (Å²) in [6, 6.07) is 10.5. The molecule has 0 bridgehead atoms. The Hall–Kier alpha value is -2.10. The fourth-order valence-corrected chi connectivity index (χ4v) is 9.26. The van der Waals surface area contributed by atoms with E-state index in [0.29, 0.717) is 25.0 Å². The van der Waals surface area contributed by atoms with Crippen LogP contribution in [0.25, 0.3) is 0 Å².